The molecule has 0 bridgehead atoms. The lowest BCUT2D eigenvalue weighted by molar-refractivity contribution is 0.00578. The maximum atomic E-state index is 12.6. The smallest absolute Gasteiger partial charge is 0.494 e. The minimum absolute atomic E-state index is 0.103. The fraction of sp³-hybridized carbons (Fsp3) is 0.485. The van der Waals surface area contributed by atoms with Crippen molar-refractivity contribution in [1.82, 2.24) is 45.8 Å². The van der Waals surface area contributed by atoms with Crippen LogP contribution in [0.5, 0.6) is 40.2 Å². The second-order valence-electron chi connectivity index (χ2n) is 38.1. The van der Waals surface area contributed by atoms with Crippen LogP contribution in [-0.2, 0) is 43.9 Å². The van der Waals surface area contributed by atoms with Crippen LogP contribution in [0.25, 0.3) is 33.8 Å². The van der Waals surface area contributed by atoms with Gasteiger partial charge in [-0.2, -0.15) is 20.6 Å². The van der Waals surface area contributed by atoms with Gasteiger partial charge in [0.05, 0.1) is 124 Å². The summed E-state index contributed by atoms with van der Waals surface area (Å²) in [4.78, 5) is 35.5. The predicted octanol–water partition coefficient (Wildman–Crippen LogP) is 24.5. The molecule has 6 heterocycles. The van der Waals surface area contributed by atoms with Gasteiger partial charge in [0.1, 0.15) is 57.3 Å². The molecule has 0 atom stereocenters. The number of aromatic hydroxyl groups is 1. The van der Waals surface area contributed by atoms with Gasteiger partial charge in [-0.15, -0.1) is 15.3 Å². The van der Waals surface area contributed by atoms with E-state index in [1.54, 1.807) is 86.3 Å². The summed E-state index contributed by atoms with van der Waals surface area (Å²) in [6.07, 6.45) is 15.2. The molecule has 3 saturated heterocycles. The Balaban J connectivity index is 0.000000147. The van der Waals surface area contributed by atoms with Gasteiger partial charge in [0.2, 0.25) is 0 Å². The number of hydrogen-bond acceptors (Lipinski definition) is 24. The molecule has 4 N–H and O–H groups in total. The molecule has 7 aromatic carbocycles. The number of phenolic OH excluding ortho intramolecular Hbond substituents is 1. The highest BCUT2D eigenvalue weighted by Gasteiger charge is 2.64. The third-order valence-corrected chi connectivity index (χ3v) is 28.7. The SMILES string of the molecule is BrCC1CC1.CC1(C)OB(B2OC(C)(C)C(C)(C)O2)OC1(C)C.CC1(C)OB(c2ccc(Cl)c(OCC3CC3)c2)OC1(C)C.CCOC(=O)c1n[nH]nc1-c1ccc(Cl)c(OCC2CC2)c1.CCOC(=O)c1nnn(Cc2ccc(OC)cc2)c1-c1ccc(Cl)c(OCC2CC2)c1.Clc1ccc(Br)cc1OCC1CC1.O=C(O)c1n[nH]nc1-c1ccc(Cl)c(OCC2CC2)c1.Oc1cc(Br)ccc1Cl. The number of aromatic amines is 2. The molecule has 3 aromatic heterocycles. The third kappa shape index (κ3) is 31.8. The summed E-state index contributed by atoms with van der Waals surface area (Å²) >= 11 is 46.2. The van der Waals surface area contributed by atoms with Gasteiger partial charge in [0.25, 0.3) is 0 Å². The van der Waals surface area contributed by atoms with Gasteiger partial charge in [0, 0.05) is 31.0 Å². The molecule has 6 aliphatic carbocycles. The Labute approximate surface area is 868 Å². The van der Waals surface area contributed by atoms with Crippen LogP contribution in [0.1, 0.15) is 211 Å². The van der Waals surface area contributed by atoms with Gasteiger partial charge in [-0.05, 0) is 318 Å². The molecule has 19 rings (SSSR count). The Morgan fingerprint density at radius 2 is 0.777 bits per heavy atom. The number of phenols is 1. The van der Waals surface area contributed by atoms with Crippen LogP contribution >= 0.6 is 117 Å². The van der Waals surface area contributed by atoms with Crippen LogP contribution < -0.4 is 33.9 Å². The van der Waals surface area contributed by atoms with Crippen molar-refractivity contribution < 1.29 is 90.4 Å². The summed E-state index contributed by atoms with van der Waals surface area (Å²) in [6, 6.07) is 39.7. The largest absolute Gasteiger partial charge is 0.506 e. The molecule has 40 heteroatoms. The standard InChI is InChI=1S/C23H24ClN3O4.C16H22BClO3.C15H16ClN3O3.C13H12ClN3O3.C12H24B2O4.C10H10BrClO.C6H4BrClO.C4H7Br/c1-3-30-23(28)21-22(17-8-11-19(24)20(12-17)31-14-16-4-5-16)27(26-25-21)13-15-6-9-18(29-2)10-7-15;1-15(2)16(3,4)21-17(20-15)12-7-8-13(18)14(9-12)19-10-11-5-6-11;1-2-21-15(20)14-13(17-19-18-14)10-5-6-11(16)12(7-10)22-8-9-3-4-9;14-9-4-3-8(5-10(9)20-6-7-1-2-7)11-12(13(18)19)16-17-15-11;1-9(2)10(3,4)16-13(15-9)14-17-11(5,6)12(7,8)18-14;11-8-3-4-9(12)10(5-8)13-6-7-1-2-7;7-4-1-2-5(8)6(9)3-4;5-3-4-1-2-4/h6-12,16H,3-5,13-14H2,1-2H3;7-9,11H,5-6,10H2,1-4H3;5-7,9H,2-4,8H2,1H3,(H,17,18,19);3-5,7H,1-2,6H2,(H,18,19)(H,15,16,17);1-8H3;3-5,7H,1-2,6H2;1-3,9H;4H,1-3H2. The van der Waals surface area contributed by atoms with E-state index >= 15 is 0 Å². The Morgan fingerprint density at radius 1 is 0.432 bits per heavy atom. The number of rotatable bonds is 29. The first-order chi connectivity index (χ1) is 66.0. The summed E-state index contributed by atoms with van der Waals surface area (Å²) in [7, 11) is 0.294. The zero-order valence-electron chi connectivity index (χ0n) is 80.6. The average molecular weight is 2220 g/mol. The van der Waals surface area contributed by atoms with Crippen molar-refractivity contribution in [3.63, 3.8) is 0 Å². The van der Waals surface area contributed by atoms with Crippen molar-refractivity contribution in [3.05, 3.63) is 195 Å². The highest BCUT2D eigenvalue weighted by atomic mass is 79.9. The molecule has 0 radical (unpaired) electrons. The lowest BCUT2D eigenvalue weighted by atomic mass is 9.49. The molecule has 9 fully saturated rings. The number of methoxy groups -OCH3 is 1. The molecular weight excluding hydrogens is 2100 g/mol. The zero-order valence-corrected chi connectivity index (χ0v) is 89.9. The van der Waals surface area contributed by atoms with Crippen molar-refractivity contribution in [2.75, 3.05) is 58.7 Å². The van der Waals surface area contributed by atoms with Crippen molar-refractivity contribution >= 4 is 162 Å². The molecule has 0 unspecified atom stereocenters. The zero-order chi connectivity index (χ0) is 100. The number of carboxylic acid groups (broad SMARTS) is 1. The first-order valence-electron chi connectivity index (χ1n) is 46.5. The number of halogens is 9. The van der Waals surface area contributed by atoms with Crippen LogP contribution in [0.2, 0.25) is 30.1 Å². The van der Waals surface area contributed by atoms with Crippen LogP contribution in [0.3, 0.4) is 0 Å². The third-order valence-electron chi connectivity index (χ3n) is 24.9. The van der Waals surface area contributed by atoms with Gasteiger partial charge in [-0.25, -0.2) is 19.1 Å². The van der Waals surface area contributed by atoms with E-state index in [1.807, 2.05) is 156 Å². The minimum Gasteiger partial charge on any atom is -0.506 e. The van der Waals surface area contributed by atoms with E-state index < -0.39 is 31.9 Å². The number of benzene rings is 7. The Hall–Kier alpha value is -7.90. The van der Waals surface area contributed by atoms with E-state index in [-0.39, 0.29) is 82.5 Å². The summed E-state index contributed by atoms with van der Waals surface area (Å²) < 4.78 is 83.6. The van der Waals surface area contributed by atoms with E-state index in [2.05, 4.69) is 88.9 Å². The number of aromatic nitrogens is 9. The minimum atomic E-state index is -1.14. The number of ether oxygens (including phenoxy) is 8. The van der Waals surface area contributed by atoms with Crippen LogP contribution in [0, 0.1) is 35.5 Å². The monoisotopic (exact) mass is 2220 g/mol. The van der Waals surface area contributed by atoms with Gasteiger partial charge >= 0.3 is 39.0 Å². The van der Waals surface area contributed by atoms with E-state index in [1.165, 1.54) is 82.4 Å². The molecule has 28 nitrogen and oxygen atoms in total. The lowest BCUT2D eigenvalue weighted by Crippen LogP contribution is -2.41. The summed E-state index contributed by atoms with van der Waals surface area (Å²) in [6.45, 7) is 32.3. The Morgan fingerprint density at radius 3 is 1.15 bits per heavy atom. The van der Waals surface area contributed by atoms with Crippen molar-refractivity contribution in [2.24, 2.45) is 35.5 Å². The quantitative estimate of drug-likeness (QED) is 0.0192. The number of nitrogens with one attached hydrogen (secondary N) is 2. The van der Waals surface area contributed by atoms with Crippen LogP contribution in [-0.4, -0.2) is 187 Å². The highest BCUT2D eigenvalue weighted by Crippen LogP contribution is 2.46. The topological polar surface area (TPSA) is 335 Å². The van der Waals surface area contributed by atoms with Gasteiger partial charge in [0.15, 0.2) is 17.1 Å². The molecule has 139 heavy (non-hydrogen) atoms. The number of nitrogens with zero attached hydrogens (tertiary/aromatic N) is 7. The number of esters is 2. The first-order valence-corrected chi connectivity index (χ1v) is 51.5. The Bertz CT molecular complexity index is 5720. The fourth-order valence-electron chi connectivity index (χ4n) is 13.2. The Kier molecular flexibility index (Phi) is 38.8. The van der Waals surface area contributed by atoms with E-state index in [9.17, 15) is 14.4 Å². The number of aromatic carboxylic acids is 1. The maximum absolute atomic E-state index is 12.6. The van der Waals surface area contributed by atoms with Gasteiger partial charge in [-0.1, -0.05) is 159 Å². The predicted molar refractivity (Wildman–Crippen MR) is 552 cm³/mol. The molecule has 0 spiro atoms. The molecule has 10 aromatic rings. The summed E-state index contributed by atoms with van der Waals surface area (Å²) in [5, 5.41) is 51.0. The van der Waals surface area contributed by atoms with Gasteiger partial charge < -0.3 is 76.0 Å². The maximum Gasteiger partial charge on any atom is 0.494 e. The normalized spacial score (nSPS) is 17.8. The van der Waals surface area contributed by atoms with Crippen molar-refractivity contribution in [1.29, 1.82) is 0 Å². The lowest BCUT2D eigenvalue weighted by Gasteiger charge is -2.32. The molecule has 3 aliphatic heterocycles. The number of hydrogen-bond donors (Lipinski definition) is 4. The molecule has 0 amide bonds. The highest BCUT2D eigenvalue weighted by molar-refractivity contribution is 9.10. The van der Waals surface area contributed by atoms with Crippen molar-refractivity contribution in [2.45, 2.75) is 214 Å². The number of carbonyl (C=O) groups excluding carboxylic acids is 2. The van der Waals surface area contributed by atoms with Crippen LogP contribution in [0.4, 0.5) is 0 Å². The molecule has 746 valence electrons. The van der Waals surface area contributed by atoms with E-state index in [4.69, 9.17) is 146 Å². The van der Waals surface area contributed by atoms with E-state index in [0.717, 1.165) is 67.8 Å². The summed E-state index contributed by atoms with van der Waals surface area (Å²) in [5.74, 6) is 6.24. The molecular formula is C99H119B3Br3Cl6N9O19. The summed E-state index contributed by atoms with van der Waals surface area (Å²) in [5.41, 5.74) is 3.28. The van der Waals surface area contributed by atoms with Crippen molar-refractivity contribution in [3.8, 4) is 74.0 Å². The number of H-pyrrole nitrogens is 2. The number of carbonyl (C=O) groups is 3. The molecule has 6 saturated carbocycles. The number of alkyl halides is 1. The first kappa shape index (κ1) is 110. The second-order valence-corrected chi connectivity index (χ2v) is 43.0. The number of carboxylic acids is 1. The fourth-order valence-corrected chi connectivity index (χ4v) is 15.5. The second kappa shape index (κ2) is 49.1. The van der Waals surface area contributed by atoms with Gasteiger partial charge in [-0.3, -0.25) is 0 Å². The molecule has 9 aliphatic rings. The average Bonchev–Trinajstić information content (AvgIpc) is 1.58. The van der Waals surface area contributed by atoms with Crippen LogP contribution in [0.15, 0.2) is 142 Å². The van der Waals surface area contributed by atoms with E-state index in [0.29, 0.717) is 120 Å².